The molecule has 0 radical (unpaired) electrons. The Labute approximate surface area is 93.6 Å². The average Bonchev–Trinajstić information content (AvgIpc) is 2.28. The van der Waals surface area contributed by atoms with Gasteiger partial charge in [-0.05, 0) is 44.7 Å². The molecular weight excluding hydrogens is 188 g/mol. The first-order valence-electron chi connectivity index (χ1n) is 5.99. The van der Waals surface area contributed by atoms with Crippen LogP contribution in [0.4, 0.5) is 0 Å². The van der Waals surface area contributed by atoms with Crippen molar-refractivity contribution in [2.75, 3.05) is 26.2 Å². The number of rotatable bonds is 3. The van der Waals surface area contributed by atoms with E-state index in [1.54, 1.807) is 0 Å². The number of nitrogens with two attached hydrogens (primary N) is 1. The summed E-state index contributed by atoms with van der Waals surface area (Å²) in [7, 11) is 0. The van der Waals surface area contributed by atoms with Gasteiger partial charge in [-0.15, -0.1) is 0 Å². The molecule has 0 amide bonds. The average molecular weight is 214 g/mol. The number of likely N-dealkylation sites (tertiary alicyclic amines) is 1. The Morgan fingerprint density at radius 2 is 2.00 bits per heavy atom. The summed E-state index contributed by atoms with van der Waals surface area (Å²) in [5.74, 6) is 0. The van der Waals surface area contributed by atoms with Crippen LogP contribution in [0.25, 0.3) is 0 Å². The molecule has 0 bridgehead atoms. The zero-order valence-electron chi connectivity index (χ0n) is 10.4. The van der Waals surface area contributed by atoms with Gasteiger partial charge in [-0.25, -0.2) is 0 Å². The Bertz CT molecular complexity index is 202. The topological polar surface area (TPSA) is 49.5 Å². The minimum Gasteiger partial charge on any atom is -0.388 e. The van der Waals surface area contributed by atoms with Crippen LogP contribution >= 0.6 is 0 Å². The first kappa shape index (κ1) is 12.9. The molecule has 1 fully saturated rings. The maximum Gasteiger partial charge on any atom is 0.0867 e. The van der Waals surface area contributed by atoms with Crippen molar-refractivity contribution in [3.05, 3.63) is 0 Å². The largest absolute Gasteiger partial charge is 0.388 e. The van der Waals surface area contributed by atoms with E-state index in [2.05, 4.69) is 18.7 Å². The van der Waals surface area contributed by atoms with Crippen molar-refractivity contribution in [1.29, 1.82) is 0 Å². The van der Waals surface area contributed by atoms with Crippen LogP contribution < -0.4 is 5.73 Å². The van der Waals surface area contributed by atoms with Gasteiger partial charge in [0, 0.05) is 13.1 Å². The minimum atomic E-state index is -0.728. The van der Waals surface area contributed by atoms with E-state index < -0.39 is 5.60 Å². The molecule has 0 saturated carbocycles. The van der Waals surface area contributed by atoms with E-state index in [0.717, 1.165) is 13.1 Å². The van der Waals surface area contributed by atoms with Crippen molar-refractivity contribution < 1.29 is 5.11 Å². The van der Waals surface area contributed by atoms with Crippen LogP contribution in [0.15, 0.2) is 0 Å². The maximum absolute atomic E-state index is 9.93. The molecular formula is C12H26N2O. The molecule has 0 aliphatic carbocycles. The molecule has 0 aromatic carbocycles. The van der Waals surface area contributed by atoms with Crippen LogP contribution in [0.5, 0.6) is 0 Å². The fraction of sp³-hybridized carbons (Fsp3) is 1.00. The number of nitrogens with zero attached hydrogens (tertiary/aromatic N) is 1. The lowest BCUT2D eigenvalue weighted by atomic mass is 9.85. The Balaban J connectivity index is 2.45. The van der Waals surface area contributed by atoms with Gasteiger partial charge in [-0.2, -0.15) is 0 Å². The molecule has 1 heterocycles. The molecule has 0 aromatic rings. The van der Waals surface area contributed by atoms with Gasteiger partial charge in [0.1, 0.15) is 0 Å². The van der Waals surface area contributed by atoms with Crippen molar-refractivity contribution in [1.82, 2.24) is 4.90 Å². The van der Waals surface area contributed by atoms with Gasteiger partial charge in [-0.1, -0.05) is 13.8 Å². The summed E-state index contributed by atoms with van der Waals surface area (Å²) in [6.07, 6.45) is 3.73. The minimum absolute atomic E-state index is 0.340. The number of β-amino-alcohol motifs (C(OH)–C–C–N with tert-alkyl or cyclic N) is 1. The quantitative estimate of drug-likeness (QED) is 0.742. The van der Waals surface area contributed by atoms with Crippen LogP contribution in [0.1, 0.15) is 40.0 Å². The molecule has 3 nitrogen and oxygen atoms in total. The van der Waals surface area contributed by atoms with E-state index in [0.29, 0.717) is 18.5 Å². The van der Waals surface area contributed by atoms with Gasteiger partial charge < -0.3 is 15.7 Å². The Morgan fingerprint density at radius 3 is 2.60 bits per heavy atom. The molecule has 3 heteroatoms. The molecule has 90 valence electrons. The van der Waals surface area contributed by atoms with Crippen LogP contribution in [-0.2, 0) is 0 Å². The first-order chi connectivity index (χ1) is 6.85. The fourth-order valence-corrected chi connectivity index (χ4v) is 2.18. The third-order valence-corrected chi connectivity index (χ3v) is 3.44. The maximum atomic E-state index is 9.93. The predicted octanol–water partition coefficient (Wildman–Crippen LogP) is 1.21. The van der Waals surface area contributed by atoms with Crippen molar-refractivity contribution in [2.24, 2.45) is 11.1 Å². The molecule has 0 aromatic heterocycles. The second kappa shape index (κ2) is 4.81. The molecule has 0 spiro atoms. The lowest BCUT2D eigenvalue weighted by Gasteiger charge is -2.30. The van der Waals surface area contributed by atoms with Crippen molar-refractivity contribution in [3.8, 4) is 0 Å². The fourth-order valence-electron chi connectivity index (χ4n) is 2.18. The molecule has 15 heavy (non-hydrogen) atoms. The second-order valence-electron chi connectivity index (χ2n) is 5.99. The summed E-state index contributed by atoms with van der Waals surface area (Å²) in [6, 6.07) is 0. The number of hydrogen-bond acceptors (Lipinski definition) is 3. The van der Waals surface area contributed by atoms with E-state index in [1.807, 2.05) is 6.92 Å². The van der Waals surface area contributed by atoms with Gasteiger partial charge in [0.15, 0.2) is 0 Å². The Kier molecular flexibility index (Phi) is 4.15. The van der Waals surface area contributed by atoms with Gasteiger partial charge in [0.2, 0.25) is 0 Å². The predicted molar refractivity (Wildman–Crippen MR) is 63.8 cm³/mol. The van der Waals surface area contributed by atoms with E-state index in [4.69, 9.17) is 5.73 Å². The normalized spacial score (nSPS) is 27.0. The summed E-state index contributed by atoms with van der Waals surface area (Å²) < 4.78 is 0. The molecule has 1 aliphatic rings. The van der Waals surface area contributed by atoms with Crippen LogP contribution in [-0.4, -0.2) is 41.8 Å². The Hall–Kier alpha value is -0.120. The van der Waals surface area contributed by atoms with E-state index >= 15 is 0 Å². The van der Waals surface area contributed by atoms with Crippen molar-refractivity contribution in [3.63, 3.8) is 0 Å². The summed E-state index contributed by atoms with van der Waals surface area (Å²) >= 11 is 0. The molecule has 1 atom stereocenters. The van der Waals surface area contributed by atoms with Crippen LogP contribution in [0, 0.1) is 5.41 Å². The van der Waals surface area contributed by atoms with E-state index in [9.17, 15) is 5.11 Å². The highest BCUT2D eigenvalue weighted by Crippen LogP contribution is 2.30. The summed E-state index contributed by atoms with van der Waals surface area (Å²) in [5, 5.41) is 9.93. The second-order valence-corrected chi connectivity index (χ2v) is 5.99. The number of hydrogen-bond donors (Lipinski definition) is 2. The van der Waals surface area contributed by atoms with Crippen LogP contribution in [0.3, 0.4) is 0 Å². The third-order valence-electron chi connectivity index (χ3n) is 3.44. The first-order valence-corrected chi connectivity index (χ1v) is 5.99. The highest BCUT2D eigenvalue weighted by molar-refractivity contribution is 4.82. The van der Waals surface area contributed by atoms with Gasteiger partial charge in [-0.3, -0.25) is 0 Å². The van der Waals surface area contributed by atoms with E-state index in [1.165, 1.54) is 19.3 Å². The standard InChI is InChI=1S/C12H26N2O/c1-11(2)5-4-7-14(8-6-11)10-12(3,15)9-13/h15H,4-10,13H2,1-3H3. The lowest BCUT2D eigenvalue weighted by Crippen LogP contribution is -2.46. The monoisotopic (exact) mass is 214 g/mol. The van der Waals surface area contributed by atoms with Crippen molar-refractivity contribution >= 4 is 0 Å². The summed E-state index contributed by atoms with van der Waals surface area (Å²) in [5.41, 5.74) is 5.27. The lowest BCUT2D eigenvalue weighted by molar-refractivity contribution is 0.0276. The SMILES string of the molecule is CC1(C)CCCN(CC(C)(O)CN)CC1. The smallest absolute Gasteiger partial charge is 0.0867 e. The molecule has 1 unspecified atom stereocenters. The molecule has 1 saturated heterocycles. The van der Waals surface area contributed by atoms with E-state index in [-0.39, 0.29) is 0 Å². The van der Waals surface area contributed by atoms with Gasteiger partial charge in [0.25, 0.3) is 0 Å². The highest BCUT2D eigenvalue weighted by Gasteiger charge is 2.27. The highest BCUT2D eigenvalue weighted by atomic mass is 16.3. The van der Waals surface area contributed by atoms with Crippen LogP contribution in [0.2, 0.25) is 0 Å². The summed E-state index contributed by atoms with van der Waals surface area (Å²) in [6.45, 7) is 9.72. The molecule has 3 N–H and O–H groups in total. The van der Waals surface area contributed by atoms with Crippen molar-refractivity contribution in [2.45, 2.75) is 45.6 Å². The third kappa shape index (κ3) is 4.49. The molecule has 1 aliphatic heterocycles. The Morgan fingerprint density at radius 1 is 1.33 bits per heavy atom. The molecule has 1 rings (SSSR count). The summed E-state index contributed by atoms with van der Waals surface area (Å²) in [4.78, 5) is 2.35. The zero-order chi connectivity index (χ0) is 11.5. The zero-order valence-corrected chi connectivity index (χ0v) is 10.4. The van der Waals surface area contributed by atoms with Gasteiger partial charge in [0.05, 0.1) is 5.60 Å². The van der Waals surface area contributed by atoms with Gasteiger partial charge >= 0.3 is 0 Å². The number of aliphatic hydroxyl groups is 1.